The smallest absolute Gasteiger partial charge is 0.268 e. The number of amides is 1. The summed E-state index contributed by atoms with van der Waals surface area (Å²) in [7, 11) is 0. The summed E-state index contributed by atoms with van der Waals surface area (Å²) in [5.74, 6) is -0.285. The predicted octanol–water partition coefficient (Wildman–Crippen LogP) is 2.48. The van der Waals surface area contributed by atoms with Crippen LogP contribution in [0.2, 0.25) is 0 Å². The molecule has 1 aromatic carbocycles. The molecule has 0 fully saturated rings. The van der Waals surface area contributed by atoms with Crippen molar-refractivity contribution in [1.82, 2.24) is 4.42 Å². The van der Waals surface area contributed by atoms with Crippen molar-refractivity contribution in [2.45, 2.75) is 0 Å². The van der Waals surface area contributed by atoms with Crippen molar-refractivity contribution in [1.29, 1.82) is 0 Å². The first kappa shape index (κ1) is 9.36. The number of hydrogen-bond donors (Lipinski definition) is 0. The van der Waals surface area contributed by atoms with Crippen LogP contribution in [0.5, 0.6) is 0 Å². The number of carbonyl (C=O) groups excluding carboxylic acids is 1. The Hall–Kier alpha value is -0.730. The highest BCUT2D eigenvalue weighted by Gasteiger charge is 2.10. The van der Waals surface area contributed by atoms with Gasteiger partial charge >= 0.3 is 0 Å². The Morgan fingerprint density at radius 1 is 1.33 bits per heavy atom. The third kappa shape index (κ3) is 2.13. The molecule has 0 aliphatic rings. The molecule has 0 bridgehead atoms. The van der Waals surface area contributed by atoms with Crippen LogP contribution in [-0.4, -0.2) is 16.3 Å². The summed E-state index contributed by atoms with van der Waals surface area (Å²) in [6, 6.07) is 8.72. The SMILES string of the molecule is O=C(c1ccccc1)N(Cl)CCl. The molecule has 1 aromatic rings. The average Bonchev–Trinajstić information content (AvgIpc) is 2.17. The van der Waals surface area contributed by atoms with E-state index >= 15 is 0 Å². The van der Waals surface area contributed by atoms with E-state index in [1.54, 1.807) is 24.3 Å². The van der Waals surface area contributed by atoms with Gasteiger partial charge in [0.25, 0.3) is 5.91 Å². The lowest BCUT2D eigenvalue weighted by Crippen LogP contribution is -2.19. The van der Waals surface area contributed by atoms with Gasteiger partial charge in [0.2, 0.25) is 0 Å². The van der Waals surface area contributed by atoms with Gasteiger partial charge in [-0.25, -0.2) is 4.42 Å². The summed E-state index contributed by atoms with van der Waals surface area (Å²) in [6.45, 7) is 0. The van der Waals surface area contributed by atoms with Crippen LogP contribution in [0, 0.1) is 0 Å². The third-order valence-electron chi connectivity index (χ3n) is 1.35. The summed E-state index contributed by atoms with van der Waals surface area (Å²) in [5.41, 5.74) is 0.535. The molecule has 1 amide bonds. The summed E-state index contributed by atoms with van der Waals surface area (Å²) < 4.78 is 0.927. The molecule has 0 saturated heterocycles. The highest BCUT2D eigenvalue weighted by Crippen LogP contribution is 2.07. The van der Waals surface area contributed by atoms with Crippen LogP contribution in [0.3, 0.4) is 0 Å². The second-order valence-electron chi connectivity index (χ2n) is 2.15. The van der Waals surface area contributed by atoms with Gasteiger partial charge in [-0.05, 0) is 12.1 Å². The number of nitrogens with zero attached hydrogens (tertiary/aromatic N) is 1. The van der Waals surface area contributed by atoms with E-state index in [4.69, 9.17) is 23.4 Å². The molecule has 0 spiro atoms. The summed E-state index contributed by atoms with van der Waals surface area (Å²) in [5, 5.41) is 0. The van der Waals surface area contributed by atoms with Crippen LogP contribution < -0.4 is 0 Å². The molecule has 64 valence electrons. The summed E-state index contributed by atoms with van der Waals surface area (Å²) in [6.07, 6.45) is 0. The minimum absolute atomic E-state index is 0.0186. The Bertz CT molecular complexity index is 263. The Morgan fingerprint density at radius 3 is 2.42 bits per heavy atom. The van der Waals surface area contributed by atoms with Crippen molar-refractivity contribution in [2.75, 3.05) is 6.00 Å². The zero-order valence-electron chi connectivity index (χ0n) is 6.21. The fourth-order valence-corrected chi connectivity index (χ4v) is 0.981. The van der Waals surface area contributed by atoms with Gasteiger partial charge in [-0.3, -0.25) is 4.79 Å². The van der Waals surface area contributed by atoms with E-state index in [1.165, 1.54) is 0 Å². The number of carbonyl (C=O) groups is 1. The van der Waals surface area contributed by atoms with Gasteiger partial charge in [0.15, 0.2) is 0 Å². The zero-order valence-corrected chi connectivity index (χ0v) is 7.72. The van der Waals surface area contributed by atoms with E-state index in [0.29, 0.717) is 5.56 Å². The first-order chi connectivity index (χ1) is 5.75. The summed E-state index contributed by atoms with van der Waals surface area (Å²) >= 11 is 10.9. The molecule has 0 unspecified atom stereocenters. The van der Waals surface area contributed by atoms with Gasteiger partial charge in [-0.2, -0.15) is 0 Å². The molecule has 0 radical (unpaired) electrons. The normalized spacial score (nSPS) is 9.50. The number of rotatable bonds is 2. The monoisotopic (exact) mass is 203 g/mol. The van der Waals surface area contributed by atoms with Crippen LogP contribution in [0.4, 0.5) is 0 Å². The highest BCUT2D eigenvalue weighted by molar-refractivity contribution is 6.29. The van der Waals surface area contributed by atoms with E-state index in [2.05, 4.69) is 0 Å². The maximum atomic E-state index is 11.3. The molecule has 0 atom stereocenters. The van der Waals surface area contributed by atoms with Crippen LogP contribution in [-0.2, 0) is 0 Å². The number of halogens is 2. The van der Waals surface area contributed by atoms with Crippen LogP contribution in [0.25, 0.3) is 0 Å². The standard InChI is InChI=1S/C8H7Cl2NO/c9-6-11(10)8(12)7-4-2-1-3-5-7/h1-5H,6H2. The van der Waals surface area contributed by atoms with Crippen molar-refractivity contribution >= 4 is 29.3 Å². The molecular formula is C8H7Cl2NO. The lowest BCUT2D eigenvalue weighted by atomic mass is 10.2. The van der Waals surface area contributed by atoms with E-state index in [-0.39, 0.29) is 11.9 Å². The van der Waals surface area contributed by atoms with Crippen molar-refractivity contribution in [3.8, 4) is 0 Å². The maximum Gasteiger partial charge on any atom is 0.269 e. The molecular weight excluding hydrogens is 197 g/mol. The molecule has 1 rings (SSSR count). The number of hydrogen-bond acceptors (Lipinski definition) is 1. The first-order valence-electron chi connectivity index (χ1n) is 3.34. The molecule has 0 heterocycles. The Balaban J connectivity index is 2.79. The fraction of sp³-hybridized carbons (Fsp3) is 0.125. The van der Waals surface area contributed by atoms with Gasteiger partial charge in [-0.1, -0.05) is 18.2 Å². The molecule has 0 saturated carbocycles. The van der Waals surface area contributed by atoms with Crippen LogP contribution in [0.15, 0.2) is 30.3 Å². The first-order valence-corrected chi connectivity index (χ1v) is 4.21. The van der Waals surface area contributed by atoms with Crippen molar-refractivity contribution < 1.29 is 4.79 Å². The zero-order chi connectivity index (χ0) is 8.97. The predicted molar refractivity (Wildman–Crippen MR) is 49.2 cm³/mol. The molecule has 0 N–H and O–H groups in total. The van der Waals surface area contributed by atoms with Crippen molar-refractivity contribution in [3.05, 3.63) is 35.9 Å². The Labute approximate surface area is 80.8 Å². The van der Waals surface area contributed by atoms with Gasteiger partial charge in [0.05, 0.1) is 0 Å². The Morgan fingerprint density at radius 2 is 1.92 bits per heavy atom. The third-order valence-corrected chi connectivity index (χ3v) is 1.98. The summed E-state index contributed by atoms with van der Waals surface area (Å²) in [4.78, 5) is 11.3. The van der Waals surface area contributed by atoms with Gasteiger partial charge in [-0.15, -0.1) is 11.6 Å². The molecule has 0 aliphatic carbocycles. The largest absolute Gasteiger partial charge is 0.269 e. The van der Waals surface area contributed by atoms with E-state index in [1.807, 2.05) is 6.07 Å². The highest BCUT2D eigenvalue weighted by atomic mass is 35.5. The second-order valence-corrected chi connectivity index (χ2v) is 2.80. The number of alkyl halides is 1. The Kier molecular flexibility index (Phi) is 3.38. The molecule has 0 aromatic heterocycles. The van der Waals surface area contributed by atoms with Gasteiger partial charge < -0.3 is 0 Å². The van der Waals surface area contributed by atoms with E-state index in [9.17, 15) is 4.79 Å². The van der Waals surface area contributed by atoms with Gasteiger partial charge in [0, 0.05) is 17.3 Å². The number of benzene rings is 1. The van der Waals surface area contributed by atoms with Crippen molar-refractivity contribution in [2.24, 2.45) is 0 Å². The van der Waals surface area contributed by atoms with Crippen LogP contribution >= 0.6 is 23.4 Å². The van der Waals surface area contributed by atoms with E-state index < -0.39 is 0 Å². The van der Waals surface area contributed by atoms with Crippen molar-refractivity contribution in [3.63, 3.8) is 0 Å². The maximum absolute atomic E-state index is 11.3. The van der Waals surface area contributed by atoms with Crippen LogP contribution in [0.1, 0.15) is 10.4 Å². The minimum Gasteiger partial charge on any atom is -0.268 e. The molecule has 2 nitrogen and oxygen atoms in total. The van der Waals surface area contributed by atoms with E-state index in [0.717, 1.165) is 4.42 Å². The molecule has 12 heavy (non-hydrogen) atoms. The quantitative estimate of drug-likeness (QED) is 0.411. The topological polar surface area (TPSA) is 20.3 Å². The fourth-order valence-electron chi connectivity index (χ4n) is 0.775. The lowest BCUT2D eigenvalue weighted by Gasteiger charge is -2.08. The van der Waals surface area contributed by atoms with Gasteiger partial charge in [0.1, 0.15) is 6.00 Å². The minimum atomic E-state index is -0.285. The second kappa shape index (κ2) is 4.33. The molecule has 0 aliphatic heterocycles. The average molecular weight is 204 g/mol. The molecule has 4 heteroatoms. The lowest BCUT2D eigenvalue weighted by molar-refractivity contribution is 0.0879.